The Kier molecular flexibility index (Phi) is 6.66. The van der Waals surface area contributed by atoms with Crippen molar-refractivity contribution in [2.45, 2.75) is 26.2 Å². The molecule has 0 amide bonds. The van der Waals surface area contributed by atoms with Crippen LogP contribution in [0.2, 0.25) is 0 Å². The molecule has 0 fully saturated rings. The van der Waals surface area contributed by atoms with E-state index in [1.54, 1.807) is 0 Å². The molecule has 4 heteroatoms. The summed E-state index contributed by atoms with van der Waals surface area (Å²) in [6, 6.07) is 14.0. The molecule has 0 atom stereocenters. The molecule has 1 heterocycles. The highest BCUT2D eigenvalue weighted by Gasteiger charge is 2.16. The van der Waals surface area contributed by atoms with Crippen LogP contribution in [0.25, 0.3) is 11.6 Å². The van der Waals surface area contributed by atoms with Crippen molar-refractivity contribution in [1.82, 2.24) is 0 Å². The first-order valence-corrected chi connectivity index (χ1v) is 9.52. The number of carboxylic acid groups (broad SMARTS) is 1. The third-order valence-corrected chi connectivity index (χ3v) is 5.03. The van der Waals surface area contributed by atoms with Gasteiger partial charge in [-0.1, -0.05) is 36.9 Å². The second-order valence-electron chi connectivity index (χ2n) is 6.99. The molecule has 0 aromatic heterocycles. The van der Waals surface area contributed by atoms with E-state index in [-0.39, 0.29) is 6.42 Å². The van der Waals surface area contributed by atoms with Gasteiger partial charge in [0, 0.05) is 6.42 Å². The summed E-state index contributed by atoms with van der Waals surface area (Å²) >= 11 is 0. The van der Waals surface area contributed by atoms with E-state index in [0.29, 0.717) is 26.2 Å². The largest absolute Gasteiger partial charge is 0.489 e. The van der Waals surface area contributed by atoms with Gasteiger partial charge >= 0.3 is 5.97 Å². The summed E-state index contributed by atoms with van der Waals surface area (Å²) < 4.78 is 11.7. The Bertz CT molecular complexity index is 878. The number of hydrogen-bond acceptors (Lipinski definition) is 3. The summed E-state index contributed by atoms with van der Waals surface area (Å²) in [6.07, 6.45) is 3.40. The van der Waals surface area contributed by atoms with Crippen LogP contribution in [-0.4, -0.2) is 30.9 Å². The van der Waals surface area contributed by atoms with E-state index in [4.69, 9.17) is 14.6 Å². The summed E-state index contributed by atoms with van der Waals surface area (Å²) in [6.45, 7) is 7.79. The van der Waals surface area contributed by atoms with Gasteiger partial charge in [-0.05, 0) is 71.4 Å². The number of carbonyl (C=O) groups is 1. The van der Waals surface area contributed by atoms with E-state index in [2.05, 4.69) is 31.7 Å². The SMILES string of the molecule is C=Cc1cc(C2=C(COc3ccc(CCC(=O)O)cc3)CCOC2)ccc1C. The molecule has 0 unspecified atom stereocenters. The Morgan fingerprint density at radius 1 is 1.25 bits per heavy atom. The fourth-order valence-corrected chi connectivity index (χ4v) is 3.29. The molecule has 28 heavy (non-hydrogen) atoms. The van der Waals surface area contributed by atoms with Crippen LogP contribution in [0, 0.1) is 6.92 Å². The zero-order chi connectivity index (χ0) is 19.9. The summed E-state index contributed by atoms with van der Waals surface area (Å²) in [7, 11) is 0. The zero-order valence-electron chi connectivity index (χ0n) is 16.2. The maximum atomic E-state index is 10.7. The number of hydrogen-bond donors (Lipinski definition) is 1. The van der Waals surface area contributed by atoms with E-state index in [1.807, 2.05) is 30.3 Å². The first-order chi connectivity index (χ1) is 13.6. The lowest BCUT2D eigenvalue weighted by Crippen LogP contribution is -2.15. The molecule has 0 radical (unpaired) electrons. The molecule has 146 valence electrons. The van der Waals surface area contributed by atoms with Crippen LogP contribution in [0.4, 0.5) is 0 Å². The highest BCUT2D eigenvalue weighted by atomic mass is 16.5. The van der Waals surface area contributed by atoms with Crippen LogP contribution in [0.3, 0.4) is 0 Å². The summed E-state index contributed by atoms with van der Waals surface area (Å²) in [5.41, 5.74) is 6.93. The van der Waals surface area contributed by atoms with Gasteiger partial charge in [-0.25, -0.2) is 0 Å². The molecule has 0 bridgehead atoms. The van der Waals surface area contributed by atoms with Crippen molar-refractivity contribution >= 4 is 17.6 Å². The fourth-order valence-electron chi connectivity index (χ4n) is 3.29. The number of ether oxygens (including phenoxy) is 2. The zero-order valence-corrected chi connectivity index (χ0v) is 16.2. The number of aryl methyl sites for hydroxylation is 2. The van der Waals surface area contributed by atoms with Crippen molar-refractivity contribution in [3.8, 4) is 5.75 Å². The quantitative estimate of drug-likeness (QED) is 0.709. The molecule has 0 spiro atoms. The molecule has 0 saturated heterocycles. The first kappa shape index (κ1) is 19.9. The summed E-state index contributed by atoms with van der Waals surface area (Å²) in [5, 5.41) is 8.78. The van der Waals surface area contributed by atoms with E-state index in [1.165, 1.54) is 16.7 Å². The second-order valence-corrected chi connectivity index (χ2v) is 6.99. The Morgan fingerprint density at radius 2 is 2.04 bits per heavy atom. The lowest BCUT2D eigenvalue weighted by atomic mass is 9.94. The topological polar surface area (TPSA) is 55.8 Å². The molecule has 3 rings (SSSR count). The summed E-state index contributed by atoms with van der Waals surface area (Å²) in [5.74, 6) is 0.00290. The minimum absolute atomic E-state index is 0.139. The Balaban J connectivity index is 1.72. The van der Waals surface area contributed by atoms with E-state index in [9.17, 15) is 4.79 Å². The van der Waals surface area contributed by atoms with Crippen LogP contribution in [-0.2, 0) is 16.0 Å². The van der Waals surface area contributed by atoms with Gasteiger partial charge in [-0.2, -0.15) is 0 Å². The van der Waals surface area contributed by atoms with Crippen molar-refractivity contribution in [2.24, 2.45) is 0 Å². The van der Waals surface area contributed by atoms with Gasteiger partial charge in [0.25, 0.3) is 0 Å². The minimum Gasteiger partial charge on any atom is -0.489 e. The molecule has 1 aliphatic rings. The highest BCUT2D eigenvalue weighted by molar-refractivity contribution is 5.73. The molecule has 4 nitrogen and oxygen atoms in total. The van der Waals surface area contributed by atoms with Crippen LogP contribution < -0.4 is 4.74 Å². The van der Waals surface area contributed by atoms with Crippen molar-refractivity contribution in [3.05, 3.63) is 76.9 Å². The van der Waals surface area contributed by atoms with Gasteiger partial charge in [0.2, 0.25) is 0 Å². The van der Waals surface area contributed by atoms with Gasteiger partial charge in [-0.15, -0.1) is 0 Å². The maximum Gasteiger partial charge on any atom is 0.303 e. The third kappa shape index (κ3) is 5.11. The number of benzene rings is 2. The lowest BCUT2D eigenvalue weighted by Gasteiger charge is -2.22. The van der Waals surface area contributed by atoms with Crippen LogP contribution in [0.1, 0.15) is 35.1 Å². The van der Waals surface area contributed by atoms with Crippen LogP contribution >= 0.6 is 0 Å². The standard InChI is InChI=1S/C24H26O4/c1-3-19-14-20(8-4-17(19)2)23-16-27-13-12-21(23)15-28-22-9-5-18(6-10-22)7-11-24(25)26/h3-6,8-10,14H,1,7,11-13,15-16H2,2H3,(H,25,26). The predicted octanol–water partition coefficient (Wildman–Crippen LogP) is 4.91. The van der Waals surface area contributed by atoms with Crippen molar-refractivity contribution < 1.29 is 19.4 Å². The van der Waals surface area contributed by atoms with E-state index >= 15 is 0 Å². The normalized spacial score (nSPS) is 14.0. The first-order valence-electron chi connectivity index (χ1n) is 9.52. The Hall–Kier alpha value is -2.85. The Morgan fingerprint density at radius 3 is 2.75 bits per heavy atom. The van der Waals surface area contributed by atoms with Gasteiger partial charge < -0.3 is 14.6 Å². The molecular weight excluding hydrogens is 352 g/mol. The molecule has 1 N–H and O–H groups in total. The smallest absolute Gasteiger partial charge is 0.303 e. The maximum absolute atomic E-state index is 10.7. The average Bonchev–Trinajstić information content (AvgIpc) is 2.72. The number of aliphatic carboxylic acids is 1. The van der Waals surface area contributed by atoms with E-state index in [0.717, 1.165) is 28.9 Å². The lowest BCUT2D eigenvalue weighted by molar-refractivity contribution is -0.136. The number of rotatable bonds is 8. The fraction of sp³-hybridized carbons (Fsp3) is 0.292. The van der Waals surface area contributed by atoms with Gasteiger partial charge in [-0.3, -0.25) is 4.79 Å². The van der Waals surface area contributed by atoms with Crippen LogP contribution in [0.5, 0.6) is 5.75 Å². The van der Waals surface area contributed by atoms with Crippen molar-refractivity contribution in [2.75, 3.05) is 19.8 Å². The van der Waals surface area contributed by atoms with Gasteiger partial charge in [0.1, 0.15) is 12.4 Å². The molecule has 2 aromatic rings. The molecule has 0 saturated carbocycles. The third-order valence-electron chi connectivity index (χ3n) is 5.03. The van der Waals surface area contributed by atoms with Crippen molar-refractivity contribution in [1.29, 1.82) is 0 Å². The molecular formula is C24H26O4. The van der Waals surface area contributed by atoms with Gasteiger partial charge in [0.15, 0.2) is 0 Å². The summed E-state index contributed by atoms with van der Waals surface area (Å²) in [4.78, 5) is 10.7. The Labute approximate surface area is 166 Å². The molecule has 1 aliphatic heterocycles. The van der Waals surface area contributed by atoms with Crippen LogP contribution in [0.15, 0.2) is 54.6 Å². The second kappa shape index (κ2) is 9.38. The van der Waals surface area contributed by atoms with Gasteiger partial charge in [0.05, 0.1) is 13.2 Å². The molecule has 0 aliphatic carbocycles. The number of carboxylic acids is 1. The average molecular weight is 378 g/mol. The molecule has 2 aromatic carbocycles. The van der Waals surface area contributed by atoms with E-state index < -0.39 is 5.97 Å². The minimum atomic E-state index is -0.782. The monoisotopic (exact) mass is 378 g/mol. The highest BCUT2D eigenvalue weighted by Crippen LogP contribution is 2.28. The van der Waals surface area contributed by atoms with Crippen molar-refractivity contribution in [3.63, 3.8) is 0 Å². The predicted molar refractivity (Wildman–Crippen MR) is 112 cm³/mol.